The minimum atomic E-state index is -0.0407. The first kappa shape index (κ1) is 23.9. The standard InChI is InChI=1S/C28H32N6O2/c1-20-6-3-4-8-25(20)27-31-26(36-32-27)19-33-14-5-7-24(18-33)28(35)30-16-22-9-11-23(12-10-22)17-34-15-13-29-21(34)2/h3-4,6,8-13,15,24H,5,7,14,16-19H2,1-2H3,(H,30,35). The molecule has 3 heterocycles. The van der Waals surface area contributed by atoms with Crippen LogP contribution in [0.15, 0.2) is 65.4 Å². The van der Waals surface area contributed by atoms with E-state index in [2.05, 4.69) is 54.2 Å². The van der Waals surface area contributed by atoms with Crippen molar-refractivity contribution < 1.29 is 9.32 Å². The van der Waals surface area contributed by atoms with Crippen LogP contribution in [0, 0.1) is 19.8 Å². The number of rotatable bonds is 8. The number of nitrogens with one attached hydrogen (secondary N) is 1. The summed E-state index contributed by atoms with van der Waals surface area (Å²) < 4.78 is 7.63. The Bertz CT molecular complexity index is 1310. The van der Waals surface area contributed by atoms with Crippen molar-refractivity contribution in [3.8, 4) is 11.4 Å². The molecule has 1 amide bonds. The molecule has 4 aromatic rings. The molecule has 5 rings (SSSR count). The maximum atomic E-state index is 12.9. The molecule has 2 aromatic heterocycles. The Morgan fingerprint density at radius 3 is 2.67 bits per heavy atom. The maximum Gasteiger partial charge on any atom is 0.241 e. The van der Waals surface area contributed by atoms with Gasteiger partial charge in [0.05, 0.1) is 12.5 Å². The fourth-order valence-corrected chi connectivity index (χ4v) is 4.72. The third-order valence-corrected chi connectivity index (χ3v) is 6.86. The van der Waals surface area contributed by atoms with Crippen LogP contribution in [0.1, 0.15) is 41.2 Å². The summed E-state index contributed by atoms with van der Waals surface area (Å²) in [4.78, 5) is 24.0. The van der Waals surface area contributed by atoms with Crippen LogP contribution in [0.3, 0.4) is 0 Å². The highest BCUT2D eigenvalue weighted by molar-refractivity contribution is 5.79. The number of amides is 1. The minimum Gasteiger partial charge on any atom is -0.352 e. The van der Waals surface area contributed by atoms with Gasteiger partial charge in [-0.05, 0) is 49.9 Å². The first-order chi connectivity index (χ1) is 17.5. The Kier molecular flexibility index (Phi) is 7.23. The summed E-state index contributed by atoms with van der Waals surface area (Å²) in [5, 5.41) is 7.29. The van der Waals surface area contributed by atoms with Gasteiger partial charge in [0, 0.05) is 37.6 Å². The lowest BCUT2D eigenvalue weighted by atomic mass is 9.97. The lowest BCUT2D eigenvalue weighted by molar-refractivity contribution is -0.127. The summed E-state index contributed by atoms with van der Waals surface area (Å²) in [6, 6.07) is 16.4. The van der Waals surface area contributed by atoms with Crippen LogP contribution < -0.4 is 5.32 Å². The van der Waals surface area contributed by atoms with E-state index in [1.807, 2.05) is 50.5 Å². The van der Waals surface area contributed by atoms with Crippen molar-refractivity contribution in [3.05, 3.63) is 89.3 Å². The molecule has 1 atom stereocenters. The summed E-state index contributed by atoms with van der Waals surface area (Å²) in [5.74, 6) is 2.25. The van der Waals surface area contributed by atoms with E-state index in [-0.39, 0.29) is 11.8 Å². The average Bonchev–Trinajstić information content (AvgIpc) is 3.52. The first-order valence-corrected chi connectivity index (χ1v) is 12.5. The van der Waals surface area contributed by atoms with Crippen LogP contribution in [-0.4, -0.2) is 43.6 Å². The normalized spacial score (nSPS) is 16.2. The smallest absolute Gasteiger partial charge is 0.241 e. The molecule has 8 heteroatoms. The SMILES string of the molecule is Cc1ccccc1-c1noc(CN2CCCC(C(=O)NCc3ccc(Cn4ccnc4C)cc3)C2)n1. The summed E-state index contributed by atoms with van der Waals surface area (Å²) >= 11 is 0. The van der Waals surface area contributed by atoms with Gasteiger partial charge in [-0.25, -0.2) is 4.98 Å². The van der Waals surface area contributed by atoms with E-state index in [4.69, 9.17) is 4.52 Å². The van der Waals surface area contributed by atoms with Crippen LogP contribution in [0.4, 0.5) is 0 Å². The van der Waals surface area contributed by atoms with E-state index in [0.717, 1.165) is 48.4 Å². The summed E-state index contributed by atoms with van der Waals surface area (Å²) in [6.07, 6.45) is 5.66. The number of piperidine rings is 1. The van der Waals surface area contributed by atoms with Gasteiger partial charge in [0.15, 0.2) is 0 Å². The zero-order chi connectivity index (χ0) is 24.9. The van der Waals surface area contributed by atoms with E-state index in [1.54, 1.807) is 0 Å². The number of aromatic nitrogens is 4. The largest absolute Gasteiger partial charge is 0.352 e. The molecule has 8 nitrogen and oxygen atoms in total. The highest BCUT2D eigenvalue weighted by Crippen LogP contribution is 2.22. The van der Waals surface area contributed by atoms with Crippen LogP contribution in [-0.2, 0) is 24.4 Å². The molecule has 36 heavy (non-hydrogen) atoms. The molecule has 0 spiro atoms. The quantitative estimate of drug-likeness (QED) is 0.405. The van der Waals surface area contributed by atoms with Crippen molar-refractivity contribution in [2.24, 2.45) is 5.92 Å². The predicted molar refractivity (Wildman–Crippen MR) is 137 cm³/mol. The van der Waals surface area contributed by atoms with Crippen LogP contribution in [0.2, 0.25) is 0 Å². The molecule has 1 N–H and O–H groups in total. The lowest BCUT2D eigenvalue weighted by Gasteiger charge is -2.30. The first-order valence-electron chi connectivity index (χ1n) is 12.5. The monoisotopic (exact) mass is 484 g/mol. The van der Waals surface area contributed by atoms with Gasteiger partial charge < -0.3 is 14.4 Å². The number of hydrogen-bond donors (Lipinski definition) is 1. The van der Waals surface area contributed by atoms with Gasteiger partial charge in [0.2, 0.25) is 17.6 Å². The van der Waals surface area contributed by atoms with Gasteiger partial charge in [0.25, 0.3) is 0 Å². The molecule has 0 bridgehead atoms. The molecule has 0 aliphatic carbocycles. The number of hydrogen-bond acceptors (Lipinski definition) is 6. The predicted octanol–water partition coefficient (Wildman–Crippen LogP) is 4.13. The van der Waals surface area contributed by atoms with E-state index >= 15 is 0 Å². The topological polar surface area (TPSA) is 89.1 Å². The van der Waals surface area contributed by atoms with Gasteiger partial charge in [0.1, 0.15) is 5.82 Å². The Morgan fingerprint density at radius 2 is 1.89 bits per heavy atom. The summed E-state index contributed by atoms with van der Waals surface area (Å²) in [7, 11) is 0. The van der Waals surface area contributed by atoms with Gasteiger partial charge in [-0.15, -0.1) is 0 Å². The third-order valence-electron chi connectivity index (χ3n) is 6.86. The molecule has 1 saturated heterocycles. The second kappa shape index (κ2) is 10.9. The molecule has 1 aliphatic rings. The molecule has 1 unspecified atom stereocenters. The van der Waals surface area contributed by atoms with Crippen molar-refractivity contribution in [3.63, 3.8) is 0 Å². The van der Waals surface area contributed by atoms with Crippen molar-refractivity contribution in [2.75, 3.05) is 13.1 Å². The Hall–Kier alpha value is -3.78. The molecule has 186 valence electrons. The van der Waals surface area contributed by atoms with E-state index in [0.29, 0.717) is 31.3 Å². The number of imidazole rings is 1. The van der Waals surface area contributed by atoms with Gasteiger partial charge in [-0.3, -0.25) is 9.69 Å². The summed E-state index contributed by atoms with van der Waals surface area (Å²) in [6.45, 7) is 7.53. The number of benzene rings is 2. The van der Waals surface area contributed by atoms with Crippen LogP contribution >= 0.6 is 0 Å². The third kappa shape index (κ3) is 5.71. The molecule has 0 saturated carbocycles. The maximum absolute atomic E-state index is 12.9. The molecule has 2 aromatic carbocycles. The second-order valence-electron chi connectivity index (χ2n) is 9.54. The zero-order valence-electron chi connectivity index (χ0n) is 20.9. The molecule has 1 aliphatic heterocycles. The molecule has 1 fully saturated rings. The minimum absolute atomic E-state index is 0.0407. The number of carbonyl (C=O) groups excluding carboxylic acids is 1. The summed E-state index contributed by atoms with van der Waals surface area (Å²) in [5.41, 5.74) is 4.40. The molecule has 0 radical (unpaired) electrons. The Labute approximate surface area is 211 Å². The number of nitrogens with zero attached hydrogens (tertiary/aromatic N) is 5. The van der Waals surface area contributed by atoms with E-state index in [1.165, 1.54) is 5.56 Å². The number of likely N-dealkylation sites (tertiary alicyclic amines) is 1. The van der Waals surface area contributed by atoms with Crippen molar-refractivity contribution in [2.45, 2.75) is 46.3 Å². The van der Waals surface area contributed by atoms with Gasteiger partial charge in [-0.1, -0.05) is 53.7 Å². The second-order valence-corrected chi connectivity index (χ2v) is 9.54. The highest BCUT2D eigenvalue weighted by Gasteiger charge is 2.27. The van der Waals surface area contributed by atoms with Gasteiger partial charge in [-0.2, -0.15) is 4.98 Å². The number of carbonyl (C=O) groups is 1. The zero-order valence-corrected chi connectivity index (χ0v) is 20.9. The van der Waals surface area contributed by atoms with E-state index in [9.17, 15) is 4.79 Å². The molecular formula is C28H32N6O2. The Morgan fingerprint density at radius 1 is 1.08 bits per heavy atom. The fraction of sp³-hybridized carbons (Fsp3) is 0.357. The van der Waals surface area contributed by atoms with E-state index < -0.39 is 0 Å². The van der Waals surface area contributed by atoms with Crippen molar-refractivity contribution in [1.29, 1.82) is 0 Å². The highest BCUT2D eigenvalue weighted by atomic mass is 16.5. The van der Waals surface area contributed by atoms with Crippen molar-refractivity contribution >= 4 is 5.91 Å². The van der Waals surface area contributed by atoms with Crippen molar-refractivity contribution in [1.82, 2.24) is 29.9 Å². The molecular weight excluding hydrogens is 452 g/mol. The Balaban J connectivity index is 1.12. The average molecular weight is 485 g/mol. The van der Waals surface area contributed by atoms with Gasteiger partial charge >= 0.3 is 0 Å². The van der Waals surface area contributed by atoms with Crippen LogP contribution in [0.25, 0.3) is 11.4 Å². The number of aryl methyl sites for hydroxylation is 2. The van der Waals surface area contributed by atoms with Crippen LogP contribution in [0.5, 0.6) is 0 Å². The fourth-order valence-electron chi connectivity index (χ4n) is 4.72. The lowest BCUT2D eigenvalue weighted by Crippen LogP contribution is -2.42.